The summed E-state index contributed by atoms with van der Waals surface area (Å²) in [4.78, 5) is 16.8. The number of nitrogen functional groups attached to an aromatic ring is 1. The van der Waals surface area contributed by atoms with Crippen molar-refractivity contribution in [2.45, 2.75) is 72.6 Å². The van der Waals surface area contributed by atoms with Gasteiger partial charge in [0, 0.05) is 22.5 Å². The van der Waals surface area contributed by atoms with Gasteiger partial charge in [0.15, 0.2) is 0 Å². The van der Waals surface area contributed by atoms with Crippen LogP contribution in [0.3, 0.4) is 0 Å². The van der Waals surface area contributed by atoms with Crippen molar-refractivity contribution in [2.24, 2.45) is 10.7 Å². The third kappa shape index (κ3) is 7.91. The minimum atomic E-state index is -0.419. The number of para-hydroxylation sites is 1. The molecular weight excluding hydrogens is 463 g/mol. The Labute approximate surface area is 221 Å². The zero-order valence-corrected chi connectivity index (χ0v) is 22.8. The number of amidine groups is 1. The zero-order chi connectivity index (χ0) is 27.4. The largest absolute Gasteiger partial charge is 0.398 e. The number of amides is 1. The molecule has 0 radical (unpaired) electrons. The molecule has 6 heteroatoms. The van der Waals surface area contributed by atoms with Crippen LogP contribution in [0.2, 0.25) is 0 Å². The first-order valence-electron chi connectivity index (χ1n) is 13.3. The van der Waals surface area contributed by atoms with E-state index in [9.17, 15) is 9.18 Å². The summed E-state index contributed by atoms with van der Waals surface area (Å²) in [6.45, 7) is 10.3. The highest BCUT2D eigenvalue weighted by molar-refractivity contribution is 6.11. The molecule has 3 aromatic carbocycles. The Kier molecular flexibility index (Phi) is 11.8. The van der Waals surface area contributed by atoms with E-state index < -0.39 is 5.91 Å². The van der Waals surface area contributed by atoms with Crippen LogP contribution in [0.15, 0.2) is 65.7 Å². The molecule has 0 aliphatic carbocycles. The number of benzene rings is 3. The van der Waals surface area contributed by atoms with Crippen molar-refractivity contribution >= 4 is 28.8 Å². The van der Waals surface area contributed by atoms with Crippen LogP contribution in [0.5, 0.6) is 0 Å². The molecule has 3 rings (SSSR count). The van der Waals surface area contributed by atoms with E-state index in [0.29, 0.717) is 40.5 Å². The number of nitrogens with zero attached hydrogens (tertiary/aromatic N) is 1. The van der Waals surface area contributed by atoms with E-state index in [-0.39, 0.29) is 11.7 Å². The summed E-state index contributed by atoms with van der Waals surface area (Å²) >= 11 is 0. The van der Waals surface area contributed by atoms with E-state index in [0.717, 1.165) is 31.2 Å². The lowest BCUT2D eigenvalue weighted by Crippen LogP contribution is -2.18. The van der Waals surface area contributed by atoms with Gasteiger partial charge in [0.2, 0.25) is 0 Å². The van der Waals surface area contributed by atoms with Crippen LogP contribution >= 0.6 is 0 Å². The number of hydrogen-bond donors (Lipinski definition) is 3. The van der Waals surface area contributed by atoms with Gasteiger partial charge >= 0.3 is 0 Å². The highest BCUT2D eigenvalue weighted by atomic mass is 19.1. The maximum Gasteiger partial charge on any atom is 0.278 e. The number of nitrogens with two attached hydrogens (primary N) is 2. The van der Waals surface area contributed by atoms with Crippen LogP contribution in [0.1, 0.15) is 93.3 Å². The molecule has 3 aromatic rings. The third-order valence-corrected chi connectivity index (χ3v) is 6.20. The van der Waals surface area contributed by atoms with Gasteiger partial charge in [0.05, 0.1) is 5.69 Å². The lowest BCUT2D eigenvalue weighted by atomic mass is 9.90. The summed E-state index contributed by atoms with van der Waals surface area (Å²) < 4.78 is 14.3. The van der Waals surface area contributed by atoms with E-state index >= 15 is 0 Å². The topological polar surface area (TPSA) is 93.5 Å². The Hall–Kier alpha value is -3.67. The lowest BCUT2D eigenvalue weighted by Gasteiger charge is -2.16. The second-order valence-electron chi connectivity index (χ2n) is 8.75. The molecule has 0 aromatic heterocycles. The van der Waals surface area contributed by atoms with Gasteiger partial charge in [0.1, 0.15) is 11.7 Å². The maximum atomic E-state index is 14.3. The van der Waals surface area contributed by atoms with Gasteiger partial charge in [-0.15, -0.1) is 0 Å². The van der Waals surface area contributed by atoms with E-state index in [1.165, 1.54) is 11.6 Å². The number of hydrogen-bond acceptors (Lipinski definition) is 3. The smallest absolute Gasteiger partial charge is 0.278 e. The molecule has 0 spiro atoms. The first kappa shape index (κ1) is 29.6. The number of carbonyl (C=O) groups excluding carboxylic acids is 1. The Morgan fingerprint density at radius 1 is 0.973 bits per heavy atom. The van der Waals surface area contributed by atoms with Crippen LogP contribution < -0.4 is 16.8 Å². The van der Waals surface area contributed by atoms with Crippen molar-refractivity contribution in [2.75, 3.05) is 11.1 Å². The highest BCUT2D eigenvalue weighted by Crippen LogP contribution is 2.28. The molecule has 0 saturated carbocycles. The predicted molar refractivity (Wildman–Crippen MR) is 155 cm³/mol. The average molecular weight is 505 g/mol. The fraction of sp³-hybridized carbons (Fsp3) is 0.355. The molecule has 5 nitrogen and oxygen atoms in total. The number of nitrogens with one attached hydrogen (secondary N) is 1. The van der Waals surface area contributed by atoms with Gasteiger partial charge in [-0.3, -0.25) is 4.79 Å². The standard InChI is InChI=1S/C29H35FN4O.C2H6/c1-4-8-20(9-5-2)21-12-14-22(15-13-21)29(35)34-28(32)24-17-16-23(18-26(24)31)33-27-19(6-3)10-7-11-25(27)30;1-2/h7,10-18,20,33H,4-6,8-9,31H2,1-3H3,(H2,32,34,35);1-2H3. The Bertz CT molecular complexity index is 1180. The van der Waals surface area contributed by atoms with Crippen molar-refractivity contribution in [3.63, 3.8) is 0 Å². The first-order valence-corrected chi connectivity index (χ1v) is 13.3. The molecule has 1 amide bonds. The van der Waals surface area contributed by atoms with Crippen LogP contribution in [0.4, 0.5) is 21.5 Å². The number of aliphatic imine (C=N–C) groups is 1. The van der Waals surface area contributed by atoms with Crippen LogP contribution in [0.25, 0.3) is 0 Å². The maximum absolute atomic E-state index is 14.3. The normalized spacial score (nSPS) is 11.2. The van der Waals surface area contributed by atoms with Gasteiger partial charge in [-0.05, 0) is 72.7 Å². The SMILES string of the molecule is CC.CCCC(CCC)c1ccc(C(=O)N=C(N)c2ccc(Nc3c(F)cccc3CC)cc2N)cc1. The van der Waals surface area contributed by atoms with Crippen molar-refractivity contribution in [3.05, 3.63) is 88.7 Å². The second-order valence-corrected chi connectivity index (χ2v) is 8.75. The number of halogens is 1. The Balaban J connectivity index is 0.00000235. The zero-order valence-electron chi connectivity index (χ0n) is 22.8. The summed E-state index contributed by atoms with van der Waals surface area (Å²) in [5.74, 6) is -0.206. The summed E-state index contributed by atoms with van der Waals surface area (Å²) in [6.07, 6.45) is 5.21. The van der Waals surface area contributed by atoms with Gasteiger partial charge < -0.3 is 16.8 Å². The minimum Gasteiger partial charge on any atom is -0.398 e. The number of anilines is 3. The number of carbonyl (C=O) groups is 1. The van der Waals surface area contributed by atoms with E-state index in [2.05, 4.69) is 24.2 Å². The number of rotatable bonds is 10. The fourth-order valence-corrected chi connectivity index (χ4v) is 4.33. The van der Waals surface area contributed by atoms with Crippen molar-refractivity contribution in [1.29, 1.82) is 0 Å². The molecule has 0 aliphatic rings. The average Bonchev–Trinajstić information content (AvgIpc) is 2.91. The van der Waals surface area contributed by atoms with Crippen molar-refractivity contribution < 1.29 is 9.18 Å². The molecule has 5 N–H and O–H groups in total. The molecule has 0 atom stereocenters. The summed E-state index contributed by atoms with van der Waals surface area (Å²) in [5, 5.41) is 3.09. The van der Waals surface area contributed by atoms with Crippen molar-refractivity contribution in [1.82, 2.24) is 0 Å². The van der Waals surface area contributed by atoms with Gasteiger partial charge in [-0.2, -0.15) is 4.99 Å². The molecule has 0 heterocycles. The van der Waals surface area contributed by atoms with Crippen molar-refractivity contribution in [3.8, 4) is 0 Å². The van der Waals surface area contributed by atoms with Crippen LogP contribution in [0, 0.1) is 5.82 Å². The molecule has 0 bridgehead atoms. The summed E-state index contributed by atoms with van der Waals surface area (Å²) in [7, 11) is 0. The predicted octanol–water partition coefficient (Wildman–Crippen LogP) is 7.97. The number of aryl methyl sites for hydroxylation is 1. The lowest BCUT2D eigenvalue weighted by molar-refractivity contribution is 0.100. The molecule has 198 valence electrons. The quantitative estimate of drug-likeness (QED) is 0.148. The van der Waals surface area contributed by atoms with E-state index in [1.54, 1.807) is 24.3 Å². The fourth-order valence-electron chi connectivity index (χ4n) is 4.33. The molecule has 0 aliphatic heterocycles. The summed E-state index contributed by atoms with van der Waals surface area (Å²) in [6, 6.07) is 17.7. The van der Waals surface area contributed by atoms with E-state index in [4.69, 9.17) is 11.5 Å². The minimum absolute atomic E-state index is 0.0399. The Morgan fingerprint density at radius 3 is 2.19 bits per heavy atom. The highest BCUT2D eigenvalue weighted by Gasteiger charge is 2.14. The molecule has 37 heavy (non-hydrogen) atoms. The molecule has 0 saturated heterocycles. The first-order chi connectivity index (χ1) is 17.9. The summed E-state index contributed by atoms with van der Waals surface area (Å²) in [5.41, 5.74) is 16.8. The van der Waals surface area contributed by atoms with E-state index in [1.807, 2.05) is 51.1 Å². The third-order valence-electron chi connectivity index (χ3n) is 6.20. The monoisotopic (exact) mass is 504 g/mol. The second kappa shape index (κ2) is 14.8. The van der Waals surface area contributed by atoms with Gasteiger partial charge in [-0.1, -0.05) is 71.7 Å². The Morgan fingerprint density at radius 2 is 1.62 bits per heavy atom. The molecular formula is C31H41FN4O. The van der Waals surface area contributed by atoms with Crippen LogP contribution in [-0.2, 0) is 6.42 Å². The molecule has 0 fully saturated rings. The molecule has 0 unspecified atom stereocenters. The van der Waals surface area contributed by atoms with Gasteiger partial charge in [0.25, 0.3) is 5.91 Å². The van der Waals surface area contributed by atoms with Gasteiger partial charge in [-0.25, -0.2) is 4.39 Å². The van der Waals surface area contributed by atoms with Crippen LogP contribution in [-0.4, -0.2) is 11.7 Å².